The molecule has 3 nitrogen and oxygen atoms in total. The molecule has 1 fully saturated rings. The van der Waals surface area contributed by atoms with Gasteiger partial charge in [-0.15, -0.1) is 11.3 Å². The summed E-state index contributed by atoms with van der Waals surface area (Å²) in [5.41, 5.74) is 5.56. The van der Waals surface area contributed by atoms with Gasteiger partial charge in [-0.1, -0.05) is 25.3 Å². The number of nitrogens with two attached hydrogens (primary N) is 1. The van der Waals surface area contributed by atoms with Crippen LogP contribution >= 0.6 is 11.3 Å². The smallest absolute Gasteiger partial charge is 0.240 e. The Morgan fingerprint density at radius 1 is 1.47 bits per heavy atom. The van der Waals surface area contributed by atoms with Crippen LogP contribution in [0.5, 0.6) is 0 Å². The third kappa shape index (κ3) is 2.87. The SMILES string of the molecule is CC(NC(=O)C1(N)CCCCC1)c1cccs1. The largest absolute Gasteiger partial charge is 0.347 e. The van der Waals surface area contributed by atoms with Crippen molar-refractivity contribution in [3.8, 4) is 0 Å². The summed E-state index contributed by atoms with van der Waals surface area (Å²) in [6.07, 6.45) is 4.97. The lowest BCUT2D eigenvalue weighted by atomic mass is 9.82. The van der Waals surface area contributed by atoms with Gasteiger partial charge in [0.25, 0.3) is 0 Å². The van der Waals surface area contributed by atoms with E-state index in [1.807, 2.05) is 24.4 Å². The molecule has 94 valence electrons. The fraction of sp³-hybridized carbons (Fsp3) is 0.615. The molecule has 0 radical (unpaired) electrons. The molecule has 4 heteroatoms. The Morgan fingerprint density at radius 3 is 2.76 bits per heavy atom. The van der Waals surface area contributed by atoms with Crippen LogP contribution in [0.3, 0.4) is 0 Å². The molecular weight excluding hydrogens is 232 g/mol. The van der Waals surface area contributed by atoms with E-state index in [9.17, 15) is 4.79 Å². The van der Waals surface area contributed by atoms with Crippen LogP contribution in [0, 0.1) is 0 Å². The summed E-state index contributed by atoms with van der Waals surface area (Å²) in [7, 11) is 0. The van der Waals surface area contributed by atoms with Crippen molar-refractivity contribution in [2.75, 3.05) is 0 Å². The summed E-state index contributed by atoms with van der Waals surface area (Å²) >= 11 is 1.66. The van der Waals surface area contributed by atoms with Gasteiger partial charge in [0, 0.05) is 4.88 Å². The Balaban J connectivity index is 1.96. The second kappa shape index (κ2) is 5.19. The van der Waals surface area contributed by atoms with E-state index in [4.69, 9.17) is 5.73 Å². The average molecular weight is 252 g/mol. The van der Waals surface area contributed by atoms with E-state index in [2.05, 4.69) is 5.32 Å². The molecule has 0 bridgehead atoms. The Labute approximate surface area is 106 Å². The molecule has 0 aromatic carbocycles. The highest BCUT2D eigenvalue weighted by molar-refractivity contribution is 7.10. The highest BCUT2D eigenvalue weighted by Crippen LogP contribution is 2.27. The summed E-state index contributed by atoms with van der Waals surface area (Å²) in [5.74, 6) is 0.0121. The van der Waals surface area contributed by atoms with Crippen LogP contribution in [0.25, 0.3) is 0 Å². The molecular formula is C13H20N2OS. The fourth-order valence-electron chi connectivity index (χ4n) is 2.36. The van der Waals surface area contributed by atoms with Crippen molar-refractivity contribution >= 4 is 17.2 Å². The van der Waals surface area contributed by atoms with Gasteiger partial charge in [-0.25, -0.2) is 0 Å². The molecule has 1 aromatic rings. The van der Waals surface area contributed by atoms with E-state index >= 15 is 0 Å². The standard InChI is InChI=1S/C13H20N2OS/c1-10(11-6-5-9-17-11)15-12(16)13(14)7-3-2-4-8-13/h5-6,9-10H,2-4,7-8,14H2,1H3,(H,15,16). The molecule has 1 amide bonds. The van der Waals surface area contributed by atoms with Crippen molar-refractivity contribution in [1.29, 1.82) is 0 Å². The molecule has 1 unspecified atom stereocenters. The van der Waals surface area contributed by atoms with Gasteiger partial charge in [-0.2, -0.15) is 0 Å². The minimum absolute atomic E-state index is 0.0121. The summed E-state index contributed by atoms with van der Waals surface area (Å²) in [4.78, 5) is 13.4. The first-order valence-corrected chi connectivity index (χ1v) is 7.13. The van der Waals surface area contributed by atoms with Crippen molar-refractivity contribution < 1.29 is 4.79 Å². The summed E-state index contributed by atoms with van der Waals surface area (Å²) < 4.78 is 0. The molecule has 0 spiro atoms. The summed E-state index contributed by atoms with van der Waals surface area (Å²) in [5, 5.41) is 5.06. The number of thiophene rings is 1. The van der Waals surface area contributed by atoms with Crippen molar-refractivity contribution in [2.45, 2.75) is 50.6 Å². The molecule has 0 aliphatic heterocycles. The third-order valence-electron chi connectivity index (χ3n) is 3.52. The first-order valence-electron chi connectivity index (χ1n) is 6.25. The van der Waals surface area contributed by atoms with Crippen LogP contribution < -0.4 is 11.1 Å². The predicted octanol–water partition coefficient (Wildman–Crippen LogP) is 2.59. The van der Waals surface area contributed by atoms with Crippen LogP contribution in [-0.2, 0) is 4.79 Å². The molecule has 3 N–H and O–H groups in total. The predicted molar refractivity (Wildman–Crippen MR) is 70.9 cm³/mol. The molecule has 1 saturated carbocycles. The molecule has 1 aliphatic rings. The summed E-state index contributed by atoms with van der Waals surface area (Å²) in [6.45, 7) is 2.01. The molecule has 0 saturated heterocycles. The maximum Gasteiger partial charge on any atom is 0.240 e. The Hall–Kier alpha value is -0.870. The second-order valence-corrected chi connectivity index (χ2v) is 5.91. The topological polar surface area (TPSA) is 55.1 Å². The number of hydrogen-bond acceptors (Lipinski definition) is 3. The number of hydrogen-bond donors (Lipinski definition) is 2. The minimum Gasteiger partial charge on any atom is -0.347 e. The zero-order chi connectivity index (χ0) is 12.3. The van der Waals surface area contributed by atoms with Crippen LogP contribution in [0.2, 0.25) is 0 Å². The molecule has 2 rings (SSSR count). The zero-order valence-corrected chi connectivity index (χ0v) is 11.1. The number of carbonyl (C=O) groups is 1. The number of nitrogens with one attached hydrogen (secondary N) is 1. The van der Waals surface area contributed by atoms with Gasteiger partial charge < -0.3 is 11.1 Å². The molecule has 1 heterocycles. The van der Waals surface area contributed by atoms with Crippen molar-refractivity contribution in [3.63, 3.8) is 0 Å². The number of amides is 1. The van der Waals surface area contributed by atoms with Gasteiger partial charge >= 0.3 is 0 Å². The molecule has 1 aromatic heterocycles. The first kappa shape index (κ1) is 12.6. The van der Waals surface area contributed by atoms with Gasteiger partial charge in [0.2, 0.25) is 5.91 Å². The maximum atomic E-state index is 12.2. The zero-order valence-electron chi connectivity index (χ0n) is 10.2. The van der Waals surface area contributed by atoms with Crippen molar-refractivity contribution in [3.05, 3.63) is 22.4 Å². The van der Waals surface area contributed by atoms with Crippen LogP contribution in [0.1, 0.15) is 49.9 Å². The lowest BCUT2D eigenvalue weighted by molar-refractivity contribution is -0.128. The molecule has 1 aliphatic carbocycles. The number of rotatable bonds is 3. The fourth-order valence-corrected chi connectivity index (χ4v) is 3.09. The monoisotopic (exact) mass is 252 g/mol. The Bertz CT molecular complexity index is 369. The summed E-state index contributed by atoms with van der Waals surface area (Å²) in [6, 6.07) is 4.10. The Kier molecular flexibility index (Phi) is 3.84. The normalized spacial score (nSPS) is 20.8. The lowest BCUT2D eigenvalue weighted by Crippen LogP contribution is -2.55. The van der Waals surface area contributed by atoms with E-state index in [1.165, 1.54) is 11.3 Å². The van der Waals surface area contributed by atoms with Crippen LogP contribution in [-0.4, -0.2) is 11.4 Å². The van der Waals surface area contributed by atoms with Gasteiger partial charge in [-0.3, -0.25) is 4.79 Å². The quantitative estimate of drug-likeness (QED) is 0.868. The van der Waals surface area contributed by atoms with Crippen LogP contribution in [0.4, 0.5) is 0 Å². The van der Waals surface area contributed by atoms with E-state index < -0.39 is 5.54 Å². The van der Waals surface area contributed by atoms with Crippen molar-refractivity contribution in [1.82, 2.24) is 5.32 Å². The maximum absolute atomic E-state index is 12.2. The highest BCUT2D eigenvalue weighted by atomic mass is 32.1. The lowest BCUT2D eigenvalue weighted by Gasteiger charge is -2.32. The number of carbonyl (C=O) groups excluding carboxylic acids is 1. The van der Waals surface area contributed by atoms with E-state index in [-0.39, 0.29) is 11.9 Å². The van der Waals surface area contributed by atoms with Gasteiger partial charge in [-0.05, 0) is 31.2 Å². The Morgan fingerprint density at radius 2 is 2.18 bits per heavy atom. The van der Waals surface area contributed by atoms with E-state index in [1.54, 1.807) is 11.3 Å². The average Bonchev–Trinajstić information content (AvgIpc) is 2.83. The van der Waals surface area contributed by atoms with E-state index in [0.29, 0.717) is 0 Å². The molecule has 17 heavy (non-hydrogen) atoms. The molecule has 1 atom stereocenters. The van der Waals surface area contributed by atoms with Gasteiger partial charge in [0.05, 0.1) is 11.6 Å². The van der Waals surface area contributed by atoms with E-state index in [0.717, 1.165) is 25.7 Å². The third-order valence-corrected chi connectivity index (χ3v) is 4.57. The van der Waals surface area contributed by atoms with Crippen molar-refractivity contribution in [2.24, 2.45) is 5.73 Å². The van der Waals surface area contributed by atoms with Gasteiger partial charge in [0.1, 0.15) is 0 Å². The van der Waals surface area contributed by atoms with Gasteiger partial charge in [0.15, 0.2) is 0 Å². The minimum atomic E-state index is -0.635. The second-order valence-electron chi connectivity index (χ2n) is 4.93. The first-order chi connectivity index (χ1) is 8.12. The highest BCUT2D eigenvalue weighted by Gasteiger charge is 2.35. The van der Waals surface area contributed by atoms with Crippen LogP contribution in [0.15, 0.2) is 17.5 Å².